The zero-order chi connectivity index (χ0) is 29.5. The van der Waals surface area contributed by atoms with Gasteiger partial charge in [-0.1, -0.05) is 17.4 Å². The maximum absolute atomic E-state index is 13.4. The van der Waals surface area contributed by atoms with Crippen molar-refractivity contribution in [2.75, 3.05) is 37.5 Å². The zero-order valence-electron chi connectivity index (χ0n) is 23.7. The normalized spacial score (nSPS) is 15.6. The van der Waals surface area contributed by atoms with Crippen LogP contribution in [0.5, 0.6) is 0 Å². The summed E-state index contributed by atoms with van der Waals surface area (Å²) >= 11 is 1.36. The minimum absolute atomic E-state index is 0.0138. The lowest BCUT2D eigenvalue weighted by Crippen LogP contribution is -2.35. The molecule has 1 saturated carbocycles. The molecule has 1 atom stereocenters. The van der Waals surface area contributed by atoms with Crippen LogP contribution in [0.3, 0.4) is 0 Å². The summed E-state index contributed by atoms with van der Waals surface area (Å²) in [5.41, 5.74) is 2.34. The smallest absolute Gasteiger partial charge is 0.256 e. The lowest BCUT2D eigenvalue weighted by molar-refractivity contribution is -0.122. The van der Waals surface area contributed by atoms with Crippen LogP contribution in [0.1, 0.15) is 48.3 Å². The standard InChI is InChI=1S/C28H34N6O5S2/c1-6-33(24(35)15-39-5)23-9-7-8-22(31-23)32-28-30-16(2)26(40-28)19-12-20-14-34(17(3)18-10-11-18)27(36)25(20)21(13-19)41(37,38)29-4/h7-9,12-13,17-18,29H,6,10-11,14-15H2,1-5H3,(H,30,31,32). The molecule has 0 radical (unpaired) electrons. The number of anilines is 3. The van der Waals surface area contributed by atoms with Gasteiger partial charge in [0.1, 0.15) is 18.2 Å². The summed E-state index contributed by atoms with van der Waals surface area (Å²) < 4.78 is 33.6. The van der Waals surface area contributed by atoms with Crippen LogP contribution in [0.2, 0.25) is 0 Å². The van der Waals surface area contributed by atoms with Gasteiger partial charge in [-0.3, -0.25) is 14.5 Å². The van der Waals surface area contributed by atoms with Gasteiger partial charge in [-0.2, -0.15) is 0 Å². The summed E-state index contributed by atoms with van der Waals surface area (Å²) in [5, 5.41) is 3.78. The molecule has 2 N–H and O–H groups in total. The van der Waals surface area contributed by atoms with Crippen LogP contribution < -0.4 is 14.9 Å². The average molecular weight is 599 g/mol. The first kappa shape index (κ1) is 29.1. The summed E-state index contributed by atoms with van der Waals surface area (Å²) in [7, 11) is -1.08. The molecule has 2 amide bonds. The SMILES string of the molecule is CCN(C(=O)COC)c1cccc(Nc2nc(C)c(-c3cc4c(c(S(=O)(=O)NC)c3)C(=O)N(C(C)C3CC3)C4)s2)n1. The highest BCUT2D eigenvalue weighted by Crippen LogP contribution is 2.42. The molecular weight excluding hydrogens is 564 g/mol. The Hall–Kier alpha value is -3.39. The topological polar surface area (TPSA) is 134 Å². The van der Waals surface area contributed by atoms with E-state index >= 15 is 0 Å². The van der Waals surface area contributed by atoms with Gasteiger partial charge >= 0.3 is 0 Å². The quantitative estimate of drug-likeness (QED) is 0.339. The van der Waals surface area contributed by atoms with Gasteiger partial charge in [-0.15, -0.1) is 0 Å². The highest BCUT2D eigenvalue weighted by atomic mass is 32.2. The lowest BCUT2D eigenvalue weighted by Gasteiger charge is -2.24. The first-order valence-electron chi connectivity index (χ1n) is 13.5. The minimum Gasteiger partial charge on any atom is -0.375 e. The highest BCUT2D eigenvalue weighted by Gasteiger charge is 2.41. The number of benzene rings is 1. The van der Waals surface area contributed by atoms with E-state index < -0.39 is 10.0 Å². The van der Waals surface area contributed by atoms with Crippen molar-refractivity contribution in [1.29, 1.82) is 0 Å². The third-order valence-electron chi connectivity index (χ3n) is 7.54. The molecule has 0 bridgehead atoms. The molecule has 218 valence electrons. The number of fused-ring (bicyclic) bond motifs is 1. The van der Waals surface area contributed by atoms with Gasteiger partial charge in [0, 0.05) is 26.2 Å². The van der Waals surface area contributed by atoms with E-state index in [1.165, 1.54) is 30.4 Å². The van der Waals surface area contributed by atoms with Gasteiger partial charge in [0.25, 0.3) is 11.8 Å². The van der Waals surface area contributed by atoms with Crippen LogP contribution in [0.25, 0.3) is 10.4 Å². The van der Waals surface area contributed by atoms with Crippen molar-refractivity contribution in [3.63, 3.8) is 0 Å². The number of hydrogen-bond acceptors (Lipinski definition) is 9. The highest BCUT2D eigenvalue weighted by molar-refractivity contribution is 7.89. The Balaban J connectivity index is 1.47. The van der Waals surface area contributed by atoms with Crippen molar-refractivity contribution in [2.24, 2.45) is 5.92 Å². The number of sulfonamides is 1. The van der Waals surface area contributed by atoms with Gasteiger partial charge in [0.05, 0.1) is 21.0 Å². The predicted octanol–water partition coefficient (Wildman–Crippen LogP) is 3.92. The van der Waals surface area contributed by atoms with Gasteiger partial charge in [-0.05, 0) is 82.0 Å². The van der Waals surface area contributed by atoms with Crippen LogP contribution in [0.4, 0.5) is 16.8 Å². The number of likely N-dealkylation sites (N-methyl/N-ethyl adjacent to an activating group) is 1. The fourth-order valence-electron chi connectivity index (χ4n) is 5.19. The second-order valence-electron chi connectivity index (χ2n) is 10.2. The Morgan fingerprint density at radius 3 is 2.68 bits per heavy atom. The van der Waals surface area contributed by atoms with Crippen LogP contribution in [-0.4, -0.2) is 68.5 Å². The van der Waals surface area contributed by atoms with Crippen molar-refractivity contribution < 1.29 is 22.7 Å². The Kier molecular flexibility index (Phi) is 8.15. The number of amides is 2. The molecule has 41 heavy (non-hydrogen) atoms. The molecule has 3 aromatic rings. The number of ether oxygens (including phenoxy) is 1. The largest absolute Gasteiger partial charge is 0.375 e. The van der Waals surface area contributed by atoms with E-state index in [0.29, 0.717) is 52.6 Å². The molecule has 1 aromatic carbocycles. The van der Waals surface area contributed by atoms with Crippen LogP contribution in [-0.2, 0) is 26.1 Å². The second-order valence-corrected chi connectivity index (χ2v) is 13.1. The number of methoxy groups -OCH3 is 1. The molecule has 1 fully saturated rings. The van der Waals surface area contributed by atoms with Crippen LogP contribution in [0, 0.1) is 12.8 Å². The third kappa shape index (κ3) is 5.71. The van der Waals surface area contributed by atoms with Gasteiger partial charge in [-0.25, -0.2) is 23.1 Å². The van der Waals surface area contributed by atoms with Crippen molar-refractivity contribution >= 4 is 49.9 Å². The predicted molar refractivity (Wildman–Crippen MR) is 158 cm³/mol. The number of aromatic nitrogens is 2. The average Bonchev–Trinajstić information content (AvgIpc) is 3.66. The maximum Gasteiger partial charge on any atom is 0.256 e. The molecular formula is C28H34N6O5S2. The van der Waals surface area contributed by atoms with E-state index in [2.05, 4.69) is 20.0 Å². The maximum atomic E-state index is 13.4. The van der Waals surface area contributed by atoms with E-state index in [1.807, 2.05) is 26.8 Å². The lowest BCUT2D eigenvalue weighted by atomic mass is 10.0. The number of thiazole rings is 1. The second kappa shape index (κ2) is 11.5. The minimum atomic E-state index is -3.90. The van der Waals surface area contributed by atoms with Crippen LogP contribution >= 0.6 is 11.3 Å². The molecule has 13 heteroatoms. The molecule has 5 rings (SSSR count). The van der Waals surface area contributed by atoms with Crippen molar-refractivity contribution in [3.8, 4) is 10.4 Å². The molecule has 0 spiro atoms. The van der Waals surface area contributed by atoms with Crippen molar-refractivity contribution in [3.05, 3.63) is 47.2 Å². The van der Waals surface area contributed by atoms with Gasteiger partial charge in [0.2, 0.25) is 10.0 Å². The van der Waals surface area contributed by atoms with Crippen molar-refractivity contribution in [1.82, 2.24) is 19.6 Å². The number of rotatable bonds is 11. The summed E-state index contributed by atoms with van der Waals surface area (Å²) in [6.45, 7) is 6.53. The van der Waals surface area contributed by atoms with E-state index in [9.17, 15) is 18.0 Å². The van der Waals surface area contributed by atoms with E-state index in [-0.39, 0.29) is 34.9 Å². The fourth-order valence-corrected chi connectivity index (χ4v) is 7.14. The number of hydrogen-bond donors (Lipinski definition) is 2. The Morgan fingerprint density at radius 2 is 2.02 bits per heavy atom. The molecule has 1 aliphatic heterocycles. The molecule has 3 heterocycles. The summed E-state index contributed by atoms with van der Waals surface area (Å²) in [5.74, 6) is 1.03. The zero-order valence-corrected chi connectivity index (χ0v) is 25.4. The van der Waals surface area contributed by atoms with Gasteiger partial charge in [0.15, 0.2) is 5.13 Å². The first-order chi connectivity index (χ1) is 19.6. The number of nitrogens with zero attached hydrogens (tertiary/aromatic N) is 4. The molecule has 1 aliphatic carbocycles. The Morgan fingerprint density at radius 1 is 1.27 bits per heavy atom. The third-order valence-corrected chi connectivity index (χ3v) is 10.1. The molecule has 2 aromatic heterocycles. The monoisotopic (exact) mass is 598 g/mol. The van der Waals surface area contributed by atoms with Gasteiger partial charge < -0.3 is 15.0 Å². The number of aryl methyl sites for hydroxylation is 1. The van der Waals surface area contributed by atoms with Crippen LogP contribution in [0.15, 0.2) is 35.2 Å². The van der Waals surface area contributed by atoms with E-state index in [4.69, 9.17) is 4.74 Å². The fraction of sp³-hybridized carbons (Fsp3) is 0.429. The Labute approximate surface area is 244 Å². The van der Waals surface area contributed by atoms with E-state index in [1.54, 1.807) is 29.2 Å². The van der Waals surface area contributed by atoms with E-state index in [0.717, 1.165) is 17.7 Å². The molecule has 11 nitrogen and oxygen atoms in total. The Bertz CT molecular complexity index is 1600. The molecule has 1 unspecified atom stereocenters. The first-order valence-corrected chi connectivity index (χ1v) is 15.8. The summed E-state index contributed by atoms with van der Waals surface area (Å²) in [4.78, 5) is 39.2. The number of carbonyl (C=O) groups is 2. The number of pyridine rings is 1. The summed E-state index contributed by atoms with van der Waals surface area (Å²) in [6, 6.07) is 8.87. The molecule has 0 saturated heterocycles. The number of carbonyl (C=O) groups excluding carboxylic acids is 2. The number of nitrogens with one attached hydrogen (secondary N) is 2. The molecule has 2 aliphatic rings. The van der Waals surface area contributed by atoms with Crippen molar-refractivity contribution in [2.45, 2.75) is 51.1 Å². The summed E-state index contributed by atoms with van der Waals surface area (Å²) in [6.07, 6.45) is 2.17.